The highest BCUT2D eigenvalue weighted by Crippen LogP contribution is 2.43. The minimum Gasteiger partial charge on any atom is -0.481 e. The number of ether oxygens (including phenoxy) is 1. The van der Waals surface area contributed by atoms with Crippen LogP contribution in [0.3, 0.4) is 0 Å². The van der Waals surface area contributed by atoms with E-state index >= 15 is 0 Å². The van der Waals surface area contributed by atoms with E-state index in [-0.39, 0.29) is 24.5 Å². The van der Waals surface area contributed by atoms with Gasteiger partial charge in [0, 0.05) is 5.92 Å². The second-order valence-corrected chi connectivity index (χ2v) is 7.36. The standard InChI is InChI=1S/C21H17F7O3/c22-15-3-1-12(2-4-15)18-16(19(29)30)5-6-17(18)31-10-11-7-13(20(23,24)25)9-14(8-11)21(26,27)28/h1-4,7-9,16-18H,5-6,10H2,(H,29,30)/t16-,17+,18+/m1/s1. The predicted octanol–water partition coefficient (Wildman–Crippen LogP) is 6.03. The molecule has 3 nitrogen and oxygen atoms in total. The third kappa shape index (κ3) is 5.36. The Hall–Kier alpha value is -2.62. The van der Waals surface area contributed by atoms with Gasteiger partial charge in [0.2, 0.25) is 0 Å². The summed E-state index contributed by atoms with van der Waals surface area (Å²) in [6, 6.07) is 6.25. The van der Waals surface area contributed by atoms with E-state index in [1.807, 2.05) is 0 Å². The molecule has 0 heterocycles. The van der Waals surface area contributed by atoms with E-state index in [4.69, 9.17) is 4.74 Å². The summed E-state index contributed by atoms with van der Waals surface area (Å²) in [7, 11) is 0. The van der Waals surface area contributed by atoms with Crippen LogP contribution in [0, 0.1) is 11.7 Å². The number of hydrogen-bond acceptors (Lipinski definition) is 2. The number of alkyl halides is 6. The van der Waals surface area contributed by atoms with Gasteiger partial charge >= 0.3 is 18.3 Å². The van der Waals surface area contributed by atoms with E-state index in [1.165, 1.54) is 12.1 Å². The van der Waals surface area contributed by atoms with Crippen molar-refractivity contribution in [2.24, 2.45) is 5.92 Å². The van der Waals surface area contributed by atoms with Crippen LogP contribution in [0.15, 0.2) is 42.5 Å². The van der Waals surface area contributed by atoms with E-state index in [2.05, 4.69) is 0 Å². The van der Waals surface area contributed by atoms with Crippen molar-refractivity contribution in [2.45, 2.75) is 43.8 Å². The smallest absolute Gasteiger partial charge is 0.416 e. The quantitative estimate of drug-likeness (QED) is 0.566. The topological polar surface area (TPSA) is 46.5 Å². The fraction of sp³-hybridized carbons (Fsp3) is 0.381. The summed E-state index contributed by atoms with van der Waals surface area (Å²) in [5.74, 6) is -3.23. The van der Waals surface area contributed by atoms with Gasteiger partial charge in [0.25, 0.3) is 0 Å². The molecule has 0 bridgehead atoms. The number of carboxylic acids is 1. The van der Waals surface area contributed by atoms with Crippen molar-refractivity contribution in [3.63, 3.8) is 0 Å². The molecule has 3 atom stereocenters. The van der Waals surface area contributed by atoms with Crippen molar-refractivity contribution in [1.29, 1.82) is 0 Å². The Kier molecular flexibility index (Phi) is 6.31. The molecule has 0 radical (unpaired) electrons. The molecule has 0 spiro atoms. The number of aliphatic carboxylic acids is 1. The molecule has 1 aliphatic carbocycles. The zero-order valence-corrected chi connectivity index (χ0v) is 15.8. The second-order valence-electron chi connectivity index (χ2n) is 7.36. The lowest BCUT2D eigenvalue weighted by atomic mass is 9.87. The molecule has 2 aromatic carbocycles. The first-order valence-electron chi connectivity index (χ1n) is 9.24. The van der Waals surface area contributed by atoms with Gasteiger partial charge in [-0.3, -0.25) is 4.79 Å². The highest BCUT2D eigenvalue weighted by Gasteiger charge is 2.42. The largest absolute Gasteiger partial charge is 0.481 e. The van der Waals surface area contributed by atoms with E-state index in [1.54, 1.807) is 0 Å². The van der Waals surface area contributed by atoms with Crippen LogP contribution in [0.5, 0.6) is 0 Å². The van der Waals surface area contributed by atoms with E-state index in [0.717, 1.165) is 12.1 Å². The average molecular weight is 450 g/mol. The molecule has 0 amide bonds. The molecule has 1 N–H and O–H groups in total. The Labute approximate surface area is 172 Å². The Morgan fingerprint density at radius 2 is 1.48 bits per heavy atom. The minimum atomic E-state index is -4.98. The van der Waals surface area contributed by atoms with Gasteiger partial charge in [-0.05, 0) is 54.3 Å². The first-order chi connectivity index (χ1) is 14.4. The Balaban J connectivity index is 1.86. The summed E-state index contributed by atoms with van der Waals surface area (Å²) in [6.07, 6.45) is -10.3. The Morgan fingerprint density at radius 3 is 1.97 bits per heavy atom. The molecule has 0 aromatic heterocycles. The van der Waals surface area contributed by atoms with Crippen LogP contribution in [0.1, 0.15) is 41.0 Å². The first-order valence-corrected chi connectivity index (χ1v) is 9.24. The molecule has 10 heteroatoms. The maximum Gasteiger partial charge on any atom is 0.416 e. The van der Waals surface area contributed by atoms with E-state index in [0.29, 0.717) is 17.7 Å². The number of hydrogen-bond donors (Lipinski definition) is 1. The van der Waals surface area contributed by atoms with Crippen LogP contribution < -0.4 is 0 Å². The molecule has 1 fully saturated rings. The fourth-order valence-corrected chi connectivity index (χ4v) is 3.86. The summed E-state index contributed by atoms with van der Waals surface area (Å²) in [5.41, 5.74) is -2.77. The third-order valence-corrected chi connectivity index (χ3v) is 5.28. The average Bonchev–Trinajstić information content (AvgIpc) is 3.09. The molecular weight excluding hydrogens is 433 g/mol. The molecule has 2 aromatic rings. The molecule has 3 rings (SSSR count). The lowest BCUT2D eigenvalue weighted by molar-refractivity contribution is -0.144. The highest BCUT2D eigenvalue weighted by atomic mass is 19.4. The monoisotopic (exact) mass is 450 g/mol. The zero-order chi connectivity index (χ0) is 23.0. The third-order valence-electron chi connectivity index (χ3n) is 5.28. The number of carboxylic acid groups (broad SMARTS) is 1. The maximum absolute atomic E-state index is 13.2. The van der Waals surface area contributed by atoms with E-state index in [9.17, 15) is 40.6 Å². The van der Waals surface area contributed by atoms with Gasteiger partial charge in [0.05, 0.1) is 29.8 Å². The zero-order valence-electron chi connectivity index (χ0n) is 15.8. The van der Waals surface area contributed by atoms with Crippen molar-refractivity contribution < 1.29 is 45.4 Å². The molecule has 1 saturated carbocycles. The van der Waals surface area contributed by atoms with Crippen LogP contribution in [0.2, 0.25) is 0 Å². The van der Waals surface area contributed by atoms with Crippen molar-refractivity contribution in [3.05, 3.63) is 70.5 Å². The maximum atomic E-state index is 13.2. The minimum absolute atomic E-state index is 0.0286. The van der Waals surface area contributed by atoms with E-state index < -0.39 is 59.8 Å². The highest BCUT2D eigenvalue weighted by molar-refractivity contribution is 5.72. The molecular formula is C21H17F7O3. The number of benzene rings is 2. The van der Waals surface area contributed by atoms with Crippen molar-refractivity contribution in [2.75, 3.05) is 0 Å². The van der Waals surface area contributed by atoms with Crippen LogP contribution in [-0.4, -0.2) is 17.2 Å². The summed E-state index contributed by atoms with van der Waals surface area (Å²) >= 11 is 0. The van der Waals surface area contributed by atoms with Crippen molar-refractivity contribution >= 4 is 5.97 Å². The van der Waals surface area contributed by atoms with Gasteiger partial charge in [0.1, 0.15) is 5.82 Å². The Bertz CT molecular complexity index is 903. The Morgan fingerprint density at radius 1 is 0.935 bits per heavy atom. The summed E-state index contributed by atoms with van der Waals surface area (Å²) < 4.78 is 97.0. The van der Waals surface area contributed by atoms with Crippen molar-refractivity contribution in [1.82, 2.24) is 0 Å². The molecule has 1 aliphatic rings. The predicted molar refractivity (Wildman–Crippen MR) is 94.5 cm³/mol. The molecule has 0 aliphatic heterocycles. The van der Waals surface area contributed by atoms with Gasteiger partial charge in [-0.25, -0.2) is 4.39 Å². The summed E-state index contributed by atoms with van der Waals surface area (Å²) in [6.45, 7) is -0.568. The molecule has 0 saturated heterocycles. The van der Waals surface area contributed by atoms with Gasteiger partial charge in [-0.15, -0.1) is 0 Å². The normalized spacial score (nSPS) is 22.0. The lowest BCUT2D eigenvalue weighted by Crippen LogP contribution is -2.25. The summed E-state index contributed by atoms with van der Waals surface area (Å²) in [4.78, 5) is 11.6. The second kappa shape index (κ2) is 8.49. The summed E-state index contributed by atoms with van der Waals surface area (Å²) in [5, 5.41) is 9.47. The van der Waals surface area contributed by atoms with Crippen LogP contribution in [0.4, 0.5) is 30.7 Å². The number of halogens is 7. The van der Waals surface area contributed by atoms with Gasteiger partial charge < -0.3 is 9.84 Å². The molecule has 0 unspecified atom stereocenters. The van der Waals surface area contributed by atoms with Gasteiger partial charge in [-0.2, -0.15) is 26.3 Å². The van der Waals surface area contributed by atoms with Crippen LogP contribution in [-0.2, 0) is 28.5 Å². The van der Waals surface area contributed by atoms with Crippen LogP contribution >= 0.6 is 0 Å². The molecule has 168 valence electrons. The molecule has 31 heavy (non-hydrogen) atoms. The SMILES string of the molecule is O=C(O)[C@@H]1CC[C@H](OCc2cc(C(F)(F)F)cc(C(F)(F)F)c2)[C@H]1c1ccc(F)cc1. The lowest BCUT2D eigenvalue weighted by Gasteiger charge is -2.24. The van der Waals surface area contributed by atoms with Gasteiger partial charge in [-0.1, -0.05) is 12.1 Å². The van der Waals surface area contributed by atoms with Gasteiger partial charge in [0.15, 0.2) is 0 Å². The number of carbonyl (C=O) groups is 1. The first kappa shape index (κ1) is 23.1. The van der Waals surface area contributed by atoms with Crippen molar-refractivity contribution in [3.8, 4) is 0 Å². The fourth-order valence-electron chi connectivity index (χ4n) is 3.86. The number of rotatable bonds is 5. The van der Waals surface area contributed by atoms with Crippen LogP contribution in [0.25, 0.3) is 0 Å².